The summed E-state index contributed by atoms with van der Waals surface area (Å²) in [5, 5.41) is 14.4. The maximum Gasteiger partial charge on any atom is 0.275 e. The Hall–Kier alpha value is -4.14. The number of rotatable bonds is 9. The van der Waals surface area contributed by atoms with Crippen molar-refractivity contribution in [2.24, 2.45) is 22.4 Å². The predicted octanol–water partition coefficient (Wildman–Crippen LogP) is -0.206. The van der Waals surface area contributed by atoms with Crippen molar-refractivity contribution in [1.82, 2.24) is 4.57 Å². The van der Waals surface area contributed by atoms with Crippen LogP contribution < -0.4 is 27.5 Å². The number of benzene rings is 1. The summed E-state index contributed by atoms with van der Waals surface area (Å²) in [4.78, 5) is 40.2. The van der Waals surface area contributed by atoms with E-state index in [4.69, 9.17) is 22.0 Å². The average Bonchev–Trinajstić information content (AvgIpc) is 2.71. The van der Waals surface area contributed by atoms with Crippen molar-refractivity contribution < 1.29 is 23.0 Å². The number of hydrogen-bond donors (Lipinski definition) is 4. The van der Waals surface area contributed by atoms with Crippen LogP contribution >= 0.6 is 0 Å². The molecule has 0 radical (unpaired) electrons. The number of oxime groups is 1. The van der Waals surface area contributed by atoms with Gasteiger partial charge in [0.05, 0.1) is 9.82 Å². The quantitative estimate of drug-likeness (QED) is 0.160. The fourth-order valence-corrected chi connectivity index (χ4v) is 4.35. The molecule has 0 aliphatic carbocycles. The van der Waals surface area contributed by atoms with Gasteiger partial charge in [-0.1, -0.05) is 6.07 Å². The van der Waals surface area contributed by atoms with Crippen molar-refractivity contribution in [1.29, 1.82) is 0 Å². The number of guanidine groups is 1. The molecule has 1 aromatic heterocycles. The van der Waals surface area contributed by atoms with E-state index in [1.54, 1.807) is 0 Å². The first-order valence-corrected chi connectivity index (χ1v) is 10.8. The van der Waals surface area contributed by atoms with Crippen LogP contribution in [0.1, 0.15) is 24.2 Å². The number of nitrogens with one attached hydrogen (secondary N) is 1. The number of aromatic nitrogens is 1. The lowest BCUT2D eigenvalue weighted by atomic mass is 10.1. The Morgan fingerprint density at radius 1 is 1.21 bits per heavy atom. The van der Waals surface area contributed by atoms with Gasteiger partial charge in [-0.2, -0.15) is 0 Å². The second-order valence-electron chi connectivity index (χ2n) is 7.05. The number of nitrogens with two attached hydrogens (primary N) is 3. The van der Waals surface area contributed by atoms with E-state index in [0.29, 0.717) is 0 Å². The van der Waals surface area contributed by atoms with Crippen LogP contribution in [-0.4, -0.2) is 35.9 Å². The second-order valence-corrected chi connectivity index (χ2v) is 8.70. The summed E-state index contributed by atoms with van der Waals surface area (Å²) in [5.74, 6) is -1.39. The smallest absolute Gasteiger partial charge is 0.275 e. The van der Waals surface area contributed by atoms with Crippen LogP contribution in [0.2, 0.25) is 0 Å². The molecule has 0 aliphatic heterocycles. The number of aryl methyl sites for hydroxylation is 2. The fraction of sp³-hybridized carbons (Fsp3) is 0.278. The van der Waals surface area contributed by atoms with Gasteiger partial charge in [-0.3, -0.25) is 29.0 Å². The summed E-state index contributed by atoms with van der Waals surface area (Å²) in [5.41, 5.74) is 14.6. The first-order chi connectivity index (χ1) is 15.3. The molecule has 2 atom stereocenters. The van der Waals surface area contributed by atoms with Crippen molar-refractivity contribution in [2.75, 3.05) is 4.72 Å². The minimum absolute atomic E-state index is 0.217. The fourth-order valence-electron chi connectivity index (χ4n) is 3.03. The van der Waals surface area contributed by atoms with Crippen LogP contribution in [0, 0.1) is 24.0 Å². The molecule has 1 aromatic carbocycles. The van der Waals surface area contributed by atoms with Gasteiger partial charge >= 0.3 is 0 Å². The number of nitro benzene ring substituents is 1. The van der Waals surface area contributed by atoms with Gasteiger partial charge in [-0.15, -0.1) is 0 Å². The first-order valence-electron chi connectivity index (χ1n) is 9.30. The number of carbonyl (C=O) groups is 1. The van der Waals surface area contributed by atoms with Gasteiger partial charge in [0.1, 0.15) is 5.69 Å². The standard InChI is InChI=1S/C18H23N7O7S/c1-9-4-6-12(25(28)29)8-14(9)33(30,31)23-13-7-5-10(2)24(17(13)27)15(16(19)26)11(3)32-22-18(20)21/h4-8,11,15,23H,1-3H3,(H2,19,26)(H4,20,21,22). The van der Waals surface area contributed by atoms with E-state index in [1.165, 1.54) is 39.0 Å². The molecule has 2 unspecified atom stereocenters. The maximum absolute atomic E-state index is 13.1. The topological polar surface area (TPSA) is 228 Å². The highest BCUT2D eigenvalue weighted by Gasteiger charge is 2.30. The normalized spacial score (nSPS) is 12.9. The van der Waals surface area contributed by atoms with E-state index in [-0.39, 0.29) is 16.2 Å². The summed E-state index contributed by atoms with van der Waals surface area (Å²) in [6, 6.07) is 4.47. The number of carbonyl (C=O) groups excluding carboxylic acids is 1. The molecule has 178 valence electrons. The lowest BCUT2D eigenvalue weighted by molar-refractivity contribution is -0.385. The third-order valence-electron chi connectivity index (χ3n) is 4.58. The molecule has 14 nitrogen and oxygen atoms in total. The largest absolute Gasteiger partial charge is 0.387 e. The van der Waals surface area contributed by atoms with Crippen LogP contribution in [0.3, 0.4) is 0 Å². The van der Waals surface area contributed by atoms with Crippen LogP contribution in [0.25, 0.3) is 0 Å². The van der Waals surface area contributed by atoms with Gasteiger partial charge in [-0.25, -0.2) is 8.42 Å². The van der Waals surface area contributed by atoms with Gasteiger partial charge in [-0.05, 0) is 43.6 Å². The van der Waals surface area contributed by atoms with Crippen molar-refractivity contribution in [2.45, 2.75) is 37.8 Å². The van der Waals surface area contributed by atoms with Crippen LogP contribution in [-0.2, 0) is 19.7 Å². The Labute approximate surface area is 188 Å². The highest BCUT2D eigenvalue weighted by Crippen LogP contribution is 2.24. The lowest BCUT2D eigenvalue weighted by Crippen LogP contribution is -2.42. The molecule has 0 saturated heterocycles. The molecule has 2 aromatic rings. The minimum Gasteiger partial charge on any atom is -0.387 e. The number of nitrogens with zero attached hydrogens (tertiary/aromatic N) is 3. The molecule has 0 saturated carbocycles. The highest BCUT2D eigenvalue weighted by atomic mass is 32.2. The van der Waals surface area contributed by atoms with Gasteiger partial charge in [0.25, 0.3) is 21.3 Å². The van der Waals surface area contributed by atoms with E-state index in [1.807, 2.05) is 0 Å². The van der Waals surface area contributed by atoms with E-state index in [0.717, 1.165) is 16.7 Å². The summed E-state index contributed by atoms with van der Waals surface area (Å²) in [6.45, 7) is 4.32. The van der Waals surface area contributed by atoms with E-state index in [9.17, 15) is 28.1 Å². The van der Waals surface area contributed by atoms with Crippen molar-refractivity contribution in [3.05, 3.63) is 62.1 Å². The third kappa shape index (κ3) is 5.57. The van der Waals surface area contributed by atoms with Gasteiger partial charge in [0.15, 0.2) is 12.1 Å². The molecule has 1 amide bonds. The summed E-state index contributed by atoms with van der Waals surface area (Å²) < 4.78 is 28.9. The van der Waals surface area contributed by atoms with Gasteiger partial charge in [0, 0.05) is 17.8 Å². The Morgan fingerprint density at radius 3 is 2.39 bits per heavy atom. The van der Waals surface area contributed by atoms with E-state index >= 15 is 0 Å². The van der Waals surface area contributed by atoms with Crippen LogP contribution in [0.5, 0.6) is 0 Å². The Kier molecular flexibility index (Phi) is 7.28. The van der Waals surface area contributed by atoms with Crippen molar-refractivity contribution >= 4 is 33.3 Å². The van der Waals surface area contributed by atoms with Gasteiger partial charge < -0.3 is 22.0 Å². The molecular weight excluding hydrogens is 458 g/mol. The zero-order valence-electron chi connectivity index (χ0n) is 17.9. The number of anilines is 1. The van der Waals surface area contributed by atoms with Crippen molar-refractivity contribution in [3.63, 3.8) is 0 Å². The highest BCUT2D eigenvalue weighted by molar-refractivity contribution is 7.92. The molecule has 0 aliphatic rings. The number of sulfonamides is 1. The predicted molar refractivity (Wildman–Crippen MR) is 119 cm³/mol. The third-order valence-corrected chi connectivity index (χ3v) is 6.08. The van der Waals surface area contributed by atoms with Crippen LogP contribution in [0.4, 0.5) is 11.4 Å². The Morgan fingerprint density at radius 2 is 1.85 bits per heavy atom. The number of pyridine rings is 1. The number of hydrogen-bond acceptors (Lipinski definition) is 8. The summed E-state index contributed by atoms with van der Waals surface area (Å²) >= 11 is 0. The zero-order chi connectivity index (χ0) is 25.1. The number of amides is 1. The van der Waals surface area contributed by atoms with Crippen LogP contribution in [0.15, 0.2) is 45.2 Å². The lowest BCUT2D eigenvalue weighted by Gasteiger charge is -2.24. The molecule has 33 heavy (non-hydrogen) atoms. The SMILES string of the molecule is Cc1ccc([N+](=O)[O-])cc1S(=O)(=O)Nc1ccc(C)n(C(C(N)=O)C(C)ON=C(N)N)c1=O. The Balaban J connectivity index is 2.57. The van der Waals surface area contributed by atoms with E-state index in [2.05, 4.69) is 9.88 Å². The average molecular weight is 481 g/mol. The molecule has 0 bridgehead atoms. The molecule has 15 heteroatoms. The molecule has 1 heterocycles. The monoisotopic (exact) mass is 481 g/mol. The molecular formula is C18H23N7O7S. The summed E-state index contributed by atoms with van der Waals surface area (Å²) in [7, 11) is -4.41. The first kappa shape index (κ1) is 25.1. The maximum atomic E-state index is 13.1. The van der Waals surface area contributed by atoms with Gasteiger partial charge in [0.2, 0.25) is 11.9 Å². The minimum atomic E-state index is -4.41. The zero-order valence-corrected chi connectivity index (χ0v) is 18.7. The molecule has 0 spiro atoms. The van der Waals surface area contributed by atoms with Crippen molar-refractivity contribution in [3.8, 4) is 0 Å². The molecule has 7 N–H and O–H groups in total. The van der Waals surface area contributed by atoms with E-state index < -0.39 is 55.9 Å². The Bertz CT molecular complexity index is 1280. The molecule has 0 fully saturated rings. The second kappa shape index (κ2) is 9.56. The molecule has 2 rings (SSSR count). The number of non-ortho nitro benzene ring substituents is 1. The number of primary amides is 1. The summed E-state index contributed by atoms with van der Waals surface area (Å²) in [6.07, 6.45) is -1.10. The number of nitro groups is 1.